The molecule has 0 spiro atoms. The lowest BCUT2D eigenvalue weighted by Gasteiger charge is -2.11. The minimum Gasteiger partial charge on any atom is -0.457 e. The molecule has 34 heavy (non-hydrogen) atoms. The third-order valence-corrected chi connectivity index (χ3v) is 5.25. The van der Waals surface area contributed by atoms with Gasteiger partial charge >= 0.3 is 0 Å². The van der Waals surface area contributed by atoms with E-state index in [2.05, 4.69) is 20.6 Å². The molecule has 2 N–H and O–H groups in total. The number of rotatable bonds is 6. The molecular formula is C28H22N4O2. The average Bonchev–Trinajstić information content (AvgIpc) is 2.85. The summed E-state index contributed by atoms with van der Waals surface area (Å²) in [6, 6.07) is 28.4. The van der Waals surface area contributed by atoms with Crippen molar-refractivity contribution in [2.24, 2.45) is 0 Å². The number of aromatic nitrogens is 2. The number of benzene rings is 3. The van der Waals surface area contributed by atoms with E-state index in [1.54, 1.807) is 36.7 Å². The van der Waals surface area contributed by atoms with Crippen LogP contribution in [0.25, 0.3) is 10.9 Å². The lowest BCUT2D eigenvalue weighted by atomic mass is 10.1. The summed E-state index contributed by atoms with van der Waals surface area (Å²) in [4.78, 5) is 21.6. The maximum absolute atomic E-state index is 12.9. The van der Waals surface area contributed by atoms with Crippen molar-refractivity contribution in [2.75, 3.05) is 10.6 Å². The molecule has 0 bridgehead atoms. The lowest BCUT2D eigenvalue weighted by molar-refractivity contribution is 0.102. The number of amides is 1. The molecule has 3 aromatic carbocycles. The number of carbonyl (C=O) groups is 1. The number of ether oxygens (including phenoxy) is 1. The Kier molecular flexibility index (Phi) is 5.86. The van der Waals surface area contributed by atoms with Gasteiger partial charge in [0.2, 0.25) is 0 Å². The Labute approximate surface area is 197 Å². The SMILES string of the molecule is Cc1cccc(Oc2ccnc(NC(=O)c3cccc(Nc4ccnc5ccccc45)c3)c2)c1. The summed E-state index contributed by atoms with van der Waals surface area (Å²) in [5, 5.41) is 7.25. The largest absolute Gasteiger partial charge is 0.457 e. The molecule has 0 atom stereocenters. The highest BCUT2D eigenvalue weighted by Gasteiger charge is 2.10. The minimum atomic E-state index is -0.261. The quantitative estimate of drug-likeness (QED) is 0.303. The van der Waals surface area contributed by atoms with Crippen molar-refractivity contribution in [2.45, 2.75) is 6.92 Å². The number of carbonyl (C=O) groups excluding carboxylic acids is 1. The van der Waals surface area contributed by atoms with Crippen molar-refractivity contribution >= 4 is 34.0 Å². The van der Waals surface area contributed by atoms with Crippen LogP contribution >= 0.6 is 0 Å². The molecule has 6 heteroatoms. The van der Waals surface area contributed by atoms with E-state index < -0.39 is 0 Å². The van der Waals surface area contributed by atoms with Crippen LogP contribution in [0.15, 0.2) is 103 Å². The molecule has 0 unspecified atom stereocenters. The van der Waals surface area contributed by atoms with Crippen LogP contribution in [-0.2, 0) is 0 Å². The summed E-state index contributed by atoms with van der Waals surface area (Å²) >= 11 is 0. The van der Waals surface area contributed by atoms with Crippen LogP contribution in [0.3, 0.4) is 0 Å². The molecule has 1 amide bonds. The number of nitrogens with one attached hydrogen (secondary N) is 2. The van der Waals surface area contributed by atoms with Crippen molar-refractivity contribution < 1.29 is 9.53 Å². The Morgan fingerprint density at radius 1 is 0.794 bits per heavy atom. The van der Waals surface area contributed by atoms with Crippen LogP contribution in [0.5, 0.6) is 11.5 Å². The molecule has 0 radical (unpaired) electrons. The maximum atomic E-state index is 12.9. The Morgan fingerprint density at radius 3 is 2.53 bits per heavy atom. The molecule has 2 aromatic heterocycles. The number of fused-ring (bicyclic) bond motifs is 1. The van der Waals surface area contributed by atoms with E-state index in [1.165, 1.54) is 0 Å². The van der Waals surface area contributed by atoms with Crippen molar-refractivity contribution in [3.8, 4) is 11.5 Å². The number of anilines is 3. The van der Waals surface area contributed by atoms with E-state index >= 15 is 0 Å². The number of hydrogen-bond donors (Lipinski definition) is 2. The second kappa shape index (κ2) is 9.42. The number of aryl methyl sites for hydroxylation is 1. The van der Waals surface area contributed by atoms with Crippen LogP contribution in [-0.4, -0.2) is 15.9 Å². The fraction of sp³-hybridized carbons (Fsp3) is 0.0357. The topological polar surface area (TPSA) is 76.1 Å². The van der Waals surface area contributed by atoms with Gasteiger partial charge in [-0.05, 0) is 61.0 Å². The number of hydrogen-bond acceptors (Lipinski definition) is 5. The maximum Gasteiger partial charge on any atom is 0.256 e. The molecule has 0 saturated carbocycles. The summed E-state index contributed by atoms with van der Waals surface area (Å²) in [5.74, 6) is 1.47. The van der Waals surface area contributed by atoms with Crippen LogP contribution in [0.2, 0.25) is 0 Å². The molecule has 0 fully saturated rings. The molecule has 0 aliphatic heterocycles. The Balaban J connectivity index is 1.31. The minimum absolute atomic E-state index is 0.261. The van der Waals surface area contributed by atoms with Crippen LogP contribution in [0.1, 0.15) is 15.9 Å². The molecule has 5 aromatic rings. The van der Waals surface area contributed by atoms with Gasteiger partial charge < -0.3 is 15.4 Å². The van der Waals surface area contributed by atoms with Gasteiger partial charge in [0.05, 0.1) is 5.52 Å². The van der Waals surface area contributed by atoms with Gasteiger partial charge in [0.25, 0.3) is 5.91 Å². The normalized spacial score (nSPS) is 10.6. The Morgan fingerprint density at radius 2 is 1.62 bits per heavy atom. The first-order chi connectivity index (χ1) is 16.6. The van der Waals surface area contributed by atoms with E-state index in [0.717, 1.165) is 33.6 Å². The number of nitrogens with zero attached hydrogens (tertiary/aromatic N) is 2. The summed E-state index contributed by atoms with van der Waals surface area (Å²) in [7, 11) is 0. The molecular weight excluding hydrogens is 424 g/mol. The van der Waals surface area contributed by atoms with Crippen molar-refractivity contribution in [1.82, 2.24) is 9.97 Å². The molecule has 0 saturated heterocycles. The second-order valence-electron chi connectivity index (χ2n) is 7.83. The zero-order chi connectivity index (χ0) is 23.3. The molecule has 5 rings (SSSR count). The molecule has 166 valence electrons. The van der Waals surface area contributed by atoms with Crippen molar-refractivity contribution in [1.29, 1.82) is 0 Å². The van der Waals surface area contributed by atoms with E-state index in [4.69, 9.17) is 4.74 Å². The fourth-order valence-electron chi connectivity index (χ4n) is 3.64. The highest BCUT2D eigenvalue weighted by atomic mass is 16.5. The van der Waals surface area contributed by atoms with Gasteiger partial charge in [-0.1, -0.05) is 36.4 Å². The summed E-state index contributed by atoms with van der Waals surface area (Å²) < 4.78 is 5.90. The second-order valence-corrected chi connectivity index (χ2v) is 7.83. The van der Waals surface area contributed by atoms with Gasteiger partial charge in [-0.3, -0.25) is 9.78 Å². The van der Waals surface area contributed by atoms with Crippen molar-refractivity contribution in [3.63, 3.8) is 0 Å². The zero-order valence-corrected chi connectivity index (χ0v) is 18.5. The molecule has 2 heterocycles. The molecule has 0 aliphatic rings. The average molecular weight is 447 g/mol. The standard InChI is InChI=1S/C28H22N4O2/c1-19-6-4-9-22(16-19)34-23-12-14-30-27(18-23)32-28(33)20-7-5-8-21(17-20)31-26-13-15-29-25-11-3-2-10-24(25)26/h2-18H,1H3,(H,29,31)(H,30,32,33). The van der Waals surface area contributed by atoms with Gasteiger partial charge in [0.15, 0.2) is 0 Å². The first-order valence-corrected chi connectivity index (χ1v) is 10.9. The summed E-state index contributed by atoms with van der Waals surface area (Å²) in [6.07, 6.45) is 3.37. The highest BCUT2D eigenvalue weighted by molar-refractivity contribution is 6.04. The van der Waals surface area contributed by atoms with Crippen LogP contribution in [0.4, 0.5) is 17.2 Å². The van der Waals surface area contributed by atoms with Gasteiger partial charge in [-0.15, -0.1) is 0 Å². The summed E-state index contributed by atoms with van der Waals surface area (Å²) in [6.45, 7) is 2.01. The van der Waals surface area contributed by atoms with Gasteiger partial charge in [-0.2, -0.15) is 0 Å². The van der Waals surface area contributed by atoms with E-state index in [9.17, 15) is 4.79 Å². The predicted molar refractivity (Wildman–Crippen MR) is 135 cm³/mol. The third kappa shape index (κ3) is 4.86. The Bertz CT molecular complexity index is 1480. The van der Waals surface area contributed by atoms with E-state index in [1.807, 2.05) is 73.7 Å². The first kappa shape index (κ1) is 21.2. The van der Waals surface area contributed by atoms with Gasteiger partial charge in [-0.25, -0.2) is 4.98 Å². The van der Waals surface area contributed by atoms with E-state index in [-0.39, 0.29) is 5.91 Å². The first-order valence-electron chi connectivity index (χ1n) is 10.9. The lowest BCUT2D eigenvalue weighted by Crippen LogP contribution is -2.13. The van der Waals surface area contributed by atoms with Gasteiger partial charge in [0, 0.05) is 40.8 Å². The van der Waals surface area contributed by atoms with Crippen LogP contribution < -0.4 is 15.4 Å². The highest BCUT2D eigenvalue weighted by Crippen LogP contribution is 2.26. The predicted octanol–water partition coefficient (Wildman–Crippen LogP) is 6.73. The monoisotopic (exact) mass is 446 g/mol. The number of pyridine rings is 2. The molecule has 0 aliphatic carbocycles. The Hall–Kier alpha value is -4.71. The van der Waals surface area contributed by atoms with Gasteiger partial charge in [0.1, 0.15) is 17.3 Å². The zero-order valence-electron chi connectivity index (χ0n) is 18.5. The molecule has 6 nitrogen and oxygen atoms in total. The third-order valence-electron chi connectivity index (χ3n) is 5.25. The van der Waals surface area contributed by atoms with Crippen molar-refractivity contribution in [3.05, 3.63) is 115 Å². The summed E-state index contributed by atoms with van der Waals surface area (Å²) in [5.41, 5.74) is 4.24. The van der Waals surface area contributed by atoms with Crippen LogP contribution in [0, 0.1) is 6.92 Å². The fourth-order valence-corrected chi connectivity index (χ4v) is 3.64. The van der Waals surface area contributed by atoms with E-state index in [0.29, 0.717) is 17.1 Å². The number of para-hydroxylation sites is 1. The smallest absolute Gasteiger partial charge is 0.256 e.